The summed E-state index contributed by atoms with van der Waals surface area (Å²) in [6.07, 6.45) is 0. The molecule has 0 aliphatic rings. The van der Waals surface area contributed by atoms with Crippen LogP contribution in [0.2, 0.25) is 0 Å². The van der Waals surface area contributed by atoms with Gasteiger partial charge in [0.05, 0.1) is 10.4 Å². The summed E-state index contributed by atoms with van der Waals surface area (Å²) in [5.74, 6) is -0.521. The molecular formula is C14H21N3O4S. The maximum absolute atomic E-state index is 12.2. The Balaban J connectivity index is 2.14. The minimum atomic E-state index is -3.63. The molecule has 2 rings (SSSR count). The van der Waals surface area contributed by atoms with Crippen LogP contribution in [-0.2, 0) is 17.1 Å². The first-order valence-electron chi connectivity index (χ1n) is 6.94. The summed E-state index contributed by atoms with van der Waals surface area (Å²) in [7, 11) is -2.07. The van der Waals surface area contributed by atoms with Gasteiger partial charge < -0.3 is 9.73 Å². The number of oxazole rings is 1. The minimum absolute atomic E-state index is 0.0716. The second-order valence-electron chi connectivity index (χ2n) is 6.13. The number of nitrogens with zero attached hydrogens (tertiary/aromatic N) is 1. The van der Waals surface area contributed by atoms with E-state index < -0.39 is 15.8 Å². The lowest BCUT2D eigenvalue weighted by Crippen LogP contribution is -2.41. The number of hydrogen-bond acceptors (Lipinski definition) is 5. The molecule has 0 atom stereocenters. The van der Waals surface area contributed by atoms with E-state index in [-0.39, 0.29) is 22.6 Å². The third-order valence-corrected chi connectivity index (χ3v) is 4.61. The molecule has 0 radical (unpaired) electrons. The summed E-state index contributed by atoms with van der Waals surface area (Å²) < 4.78 is 33.3. The third kappa shape index (κ3) is 3.76. The zero-order valence-corrected chi connectivity index (χ0v) is 14.0. The average molecular weight is 327 g/mol. The van der Waals surface area contributed by atoms with E-state index in [2.05, 4.69) is 10.0 Å². The molecule has 0 bridgehead atoms. The first-order valence-corrected chi connectivity index (χ1v) is 8.43. The molecule has 0 unspecified atom stereocenters. The van der Waals surface area contributed by atoms with Gasteiger partial charge in [-0.2, -0.15) is 0 Å². The fourth-order valence-corrected chi connectivity index (χ4v) is 3.03. The maximum atomic E-state index is 12.2. The topological polar surface area (TPSA) is 93.3 Å². The van der Waals surface area contributed by atoms with Crippen LogP contribution in [0.1, 0.15) is 20.8 Å². The highest BCUT2D eigenvalue weighted by atomic mass is 32.2. The largest absolute Gasteiger partial charge is 0.419 e. The SMILES string of the molecule is Cn1c(=O)oc2cc(S(=O)(=O)NCCNC(C)(C)C)ccc21. The molecule has 0 saturated carbocycles. The average Bonchev–Trinajstić information content (AvgIpc) is 2.69. The van der Waals surface area contributed by atoms with Crippen LogP contribution in [0.15, 0.2) is 32.3 Å². The Morgan fingerprint density at radius 1 is 1.23 bits per heavy atom. The van der Waals surface area contributed by atoms with Gasteiger partial charge in [-0.25, -0.2) is 17.9 Å². The van der Waals surface area contributed by atoms with Crippen molar-refractivity contribution in [3.63, 3.8) is 0 Å². The number of sulfonamides is 1. The van der Waals surface area contributed by atoms with Crippen LogP contribution in [0.4, 0.5) is 0 Å². The summed E-state index contributed by atoms with van der Waals surface area (Å²) in [4.78, 5) is 11.5. The quantitative estimate of drug-likeness (QED) is 0.792. The summed E-state index contributed by atoms with van der Waals surface area (Å²) in [5, 5.41) is 3.20. The minimum Gasteiger partial charge on any atom is -0.408 e. The van der Waals surface area contributed by atoms with Crippen molar-refractivity contribution in [1.29, 1.82) is 0 Å². The second kappa shape index (κ2) is 5.86. The zero-order valence-electron chi connectivity index (χ0n) is 13.1. The van der Waals surface area contributed by atoms with Gasteiger partial charge in [0.15, 0.2) is 5.58 Å². The first-order chi connectivity index (χ1) is 10.1. The Labute approximate surface area is 129 Å². The monoisotopic (exact) mass is 327 g/mol. The predicted molar refractivity (Wildman–Crippen MR) is 84.4 cm³/mol. The van der Waals surface area contributed by atoms with Gasteiger partial charge in [0.25, 0.3) is 0 Å². The number of aromatic nitrogens is 1. The van der Waals surface area contributed by atoms with Gasteiger partial charge in [-0.1, -0.05) is 0 Å². The van der Waals surface area contributed by atoms with E-state index in [0.29, 0.717) is 12.1 Å². The van der Waals surface area contributed by atoms with Crippen LogP contribution in [-0.4, -0.2) is 31.6 Å². The van der Waals surface area contributed by atoms with Crippen LogP contribution in [0, 0.1) is 0 Å². The molecule has 0 spiro atoms. The van der Waals surface area contributed by atoms with Crippen molar-refractivity contribution >= 4 is 21.1 Å². The fraction of sp³-hybridized carbons (Fsp3) is 0.500. The summed E-state index contributed by atoms with van der Waals surface area (Å²) >= 11 is 0. The Hall–Kier alpha value is -1.64. The van der Waals surface area contributed by atoms with Crippen LogP contribution in [0.3, 0.4) is 0 Å². The summed E-state index contributed by atoms with van der Waals surface area (Å²) in [6.45, 7) is 6.81. The first kappa shape index (κ1) is 16.7. The van der Waals surface area contributed by atoms with Crippen molar-refractivity contribution in [2.75, 3.05) is 13.1 Å². The number of rotatable bonds is 5. The summed E-state index contributed by atoms with van der Waals surface area (Å²) in [6, 6.07) is 4.37. The molecule has 0 aliphatic carbocycles. The van der Waals surface area contributed by atoms with Crippen molar-refractivity contribution in [2.24, 2.45) is 7.05 Å². The van der Waals surface area contributed by atoms with E-state index in [1.165, 1.54) is 16.7 Å². The van der Waals surface area contributed by atoms with Gasteiger partial charge in [0.1, 0.15) is 0 Å². The number of hydrogen-bond donors (Lipinski definition) is 2. The molecule has 0 fully saturated rings. The zero-order chi connectivity index (χ0) is 16.5. The highest BCUT2D eigenvalue weighted by Gasteiger charge is 2.17. The standard InChI is InChI=1S/C14H21N3O4S/c1-14(2,3)15-7-8-16-22(19,20)10-5-6-11-12(9-10)21-13(18)17(11)4/h5-6,9,15-16H,7-8H2,1-4H3. The maximum Gasteiger partial charge on any atom is 0.419 e. The van der Waals surface area contributed by atoms with Crippen LogP contribution >= 0.6 is 0 Å². The molecule has 0 saturated heterocycles. The van der Waals surface area contributed by atoms with Crippen LogP contribution in [0.5, 0.6) is 0 Å². The molecule has 122 valence electrons. The van der Waals surface area contributed by atoms with Crippen molar-refractivity contribution in [3.8, 4) is 0 Å². The van der Waals surface area contributed by atoms with E-state index in [1.54, 1.807) is 13.1 Å². The fourth-order valence-electron chi connectivity index (χ4n) is 1.99. The molecular weight excluding hydrogens is 306 g/mol. The van der Waals surface area contributed by atoms with Gasteiger partial charge in [0.2, 0.25) is 10.0 Å². The van der Waals surface area contributed by atoms with E-state index in [1.807, 2.05) is 20.8 Å². The third-order valence-electron chi connectivity index (χ3n) is 3.15. The lowest BCUT2D eigenvalue weighted by atomic mass is 10.1. The van der Waals surface area contributed by atoms with Crippen molar-refractivity contribution in [1.82, 2.24) is 14.6 Å². The van der Waals surface area contributed by atoms with E-state index >= 15 is 0 Å². The summed E-state index contributed by atoms with van der Waals surface area (Å²) in [5.41, 5.74) is 0.735. The Kier molecular flexibility index (Phi) is 4.46. The predicted octanol–water partition coefficient (Wildman–Crippen LogP) is 0.798. The van der Waals surface area contributed by atoms with E-state index in [9.17, 15) is 13.2 Å². The normalized spacial score (nSPS) is 12.9. The molecule has 2 aromatic rings. The van der Waals surface area contributed by atoms with Crippen molar-refractivity contribution in [3.05, 3.63) is 28.7 Å². The molecule has 22 heavy (non-hydrogen) atoms. The Morgan fingerprint density at radius 2 is 1.91 bits per heavy atom. The molecule has 1 aromatic heterocycles. The van der Waals surface area contributed by atoms with E-state index in [4.69, 9.17) is 4.42 Å². The molecule has 2 N–H and O–H groups in total. The van der Waals surface area contributed by atoms with Gasteiger partial charge >= 0.3 is 5.76 Å². The van der Waals surface area contributed by atoms with Gasteiger partial charge in [0, 0.05) is 31.7 Å². The highest BCUT2D eigenvalue weighted by molar-refractivity contribution is 7.89. The Bertz CT molecular complexity index is 828. The smallest absolute Gasteiger partial charge is 0.408 e. The molecule has 1 aromatic carbocycles. The number of aryl methyl sites for hydroxylation is 1. The van der Waals surface area contributed by atoms with Crippen LogP contribution < -0.4 is 15.8 Å². The van der Waals surface area contributed by atoms with Gasteiger partial charge in [-0.05, 0) is 32.9 Å². The van der Waals surface area contributed by atoms with Crippen molar-refractivity contribution in [2.45, 2.75) is 31.2 Å². The number of fused-ring (bicyclic) bond motifs is 1. The van der Waals surface area contributed by atoms with Gasteiger partial charge in [-0.3, -0.25) is 4.57 Å². The van der Waals surface area contributed by atoms with Gasteiger partial charge in [-0.15, -0.1) is 0 Å². The number of nitrogens with one attached hydrogen (secondary N) is 2. The highest BCUT2D eigenvalue weighted by Crippen LogP contribution is 2.17. The molecule has 0 amide bonds. The molecule has 1 heterocycles. The lowest BCUT2D eigenvalue weighted by molar-refractivity contribution is 0.428. The molecule has 8 heteroatoms. The van der Waals surface area contributed by atoms with Crippen LogP contribution in [0.25, 0.3) is 11.1 Å². The second-order valence-corrected chi connectivity index (χ2v) is 7.90. The van der Waals surface area contributed by atoms with Crippen molar-refractivity contribution < 1.29 is 12.8 Å². The molecule has 0 aliphatic heterocycles. The van der Waals surface area contributed by atoms with E-state index in [0.717, 1.165) is 0 Å². The number of benzene rings is 1. The Morgan fingerprint density at radius 3 is 2.55 bits per heavy atom. The molecule has 7 nitrogen and oxygen atoms in total. The lowest BCUT2D eigenvalue weighted by Gasteiger charge is -2.20.